The zero-order valence-corrected chi connectivity index (χ0v) is 15.2. The van der Waals surface area contributed by atoms with Crippen molar-refractivity contribution in [1.82, 2.24) is 9.62 Å². The fourth-order valence-corrected chi connectivity index (χ4v) is 3.64. The molecular formula is C15H23ClN2O4S. The van der Waals surface area contributed by atoms with Crippen molar-refractivity contribution in [3.05, 3.63) is 23.2 Å². The average Bonchev–Trinajstić information content (AvgIpc) is 2.52. The van der Waals surface area contributed by atoms with Crippen LogP contribution in [0.25, 0.3) is 0 Å². The highest BCUT2D eigenvalue weighted by Crippen LogP contribution is 2.28. The first-order valence-electron chi connectivity index (χ1n) is 7.55. The molecule has 0 aliphatic carbocycles. The number of benzene rings is 1. The Morgan fingerprint density at radius 3 is 2.52 bits per heavy atom. The minimum atomic E-state index is -3.79. The fraction of sp³-hybridized carbons (Fsp3) is 0.533. The Labute approximate surface area is 142 Å². The van der Waals surface area contributed by atoms with Crippen molar-refractivity contribution in [3.63, 3.8) is 0 Å². The maximum Gasteiger partial charge on any atom is 0.243 e. The van der Waals surface area contributed by atoms with Crippen molar-refractivity contribution in [3.8, 4) is 5.75 Å². The van der Waals surface area contributed by atoms with Crippen LogP contribution in [0.5, 0.6) is 5.75 Å². The molecule has 0 spiro atoms. The van der Waals surface area contributed by atoms with Gasteiger partial charge in [-0.15, -0.1) is 0 Å². The molecule has 0 bridgehead atoms. The Morgan fingerprint density at radius 2 is 2.00 bits per heavy atom. The Morgan fingerprint density at radius 1 is 1.30 bits per heavy atom. The number of halogens is 1. The van der Waals surface area contributed by atoms with Gasteiger partial charge in [0.2, 0.25) is 15.9 Å². The standard InChI is InChI=1S/C15H23ClN2O4S/c1-4-9-17-15(19)11-18(5-2)23(20,21)12-7-8-14(22-6-3)13(16)10-12/h7-8,10H,4-6,9,11H2,1-3H3,(H,17,19). The number of carbonyl (C=O) groups excluding carboxylic acids is 1. The van der Waals surface area contributed by atoms with Gasteiger partial charge in [-0.1, -0.05) is 25.4 Å². The Kier molecular flexibility index (Phi) is 7.81. The predicted molar refractivity (Wildman–Crippen MR) is 90.4 cm³/mol. The van der Waals surface area contributed by atoms with Crippen molar-refractivity contribution in [2.45, 2.75) is 32.1 Å². The molecule has 1 amide bonds. The van der Waals surface area contributed by atoms with E-state index in [0.717, 1.165) is 10.7 Å². The summed E-state index contributed by atoms with van der Waals surface area (Å²) in [7, 11) is -3.79. The second-order valence-electron chi connectivity index (χ2n) is 4.81. The lowest BCUT2D eigenvalue weighted by molar-refractivity contribution is -0.121. The molecule has 0 radical (unpaired) electrons. The van der Waals surface area contributed by atoms with Crippen molar-refractivity contribution in [2.75, 3.05) is 26.2 Å². The van der Waals surface area contributed by atoms with Crippen LogP contribution >= 0.6 is 11.6 Å². The van der Waals surface area contributed by atoms with E-state index in [4.69, 9.17) is 16.3 Å². The minimum Gasteiger partial charge on any atom is -0.492 e. The molecule has 0 aromatic heterocycles. The summed E-state index contributed by atoms with van der Waals surface area (Å²) in [6.07, 6.45) is 0.791. The molecule has 0 unspecified atom stereocenters. The van der Waals surface area contributed by atoms with Gasteiger partial charge in [0.15, 0.2) is 0 Å². The van der Waals surface area contributed by atoms with Gasteiger partial charge in [-0.05, 0) is 31.5 Å². The zero-order valence-electron chi connectivity index (χ0n) is 13.6. The van der Waals surface area contributed by atoms with Gasteiger partial charge in [-0.3, -0.25) is 4.79 Å². The van der Waals surface area contributed by atoms with Crippen LogP contribution in [0.1, 0.15) is 27.2 Å². The number of hydrogen-bond acceptors (Lipinski definition) is 4. The highest BCUT2D eigenvalue weighted by Gasteiger charge is 2.26. The topological polar surface area (TPSA) is 75.7 Å². The largest absolute Gasteiger partial charge is 0.492 e. The summed E-state index contributed by atoms with van der Waals surface area (Å²) in [4.78, 5) is 11.8. The summed E-state index contributed by atoms with van der Waals surface area (Å²) in [6, 6.07) is 4.29. The van der Waals surface area contributed by atoms with E-state index in [-0.39, 0.29) is 28.9 Å². The van der Waals surface area contributed by atoms with Crippen molar-refractivity contribution >= 4 is 27.5 Å². The van der Waals surface area contributed by atoms with Crippen molar-refractivity contribution < 1.29 is 17.9 Å². The predicted octanol–water partition coefficient (Wildman–Crippen LogP) is 2.28. The van der Waals surface area contributed by atoms with Crippen LogP contribution < -0.4 is 10.1 Å². The van der Waals surface area contributed by atoms with Crippen LogP contribution in [-0.2, 0) is 14.8 Å². The number of rotatable bonds is 9. The van der Waals surface area contributed by atoms with Crippen LogP contribution in [0, 0.1) is 0 Å². The third-order valence-corrected chi connectivity index (χ3v) is 5.30. The van der Waals surface area contributed by atoms with Crippen LogP contribution in [0.2, 0.25) is 5.02 Å². The minimum absolute atomic E-state index is 0.0381. The normalized spacial score (nSPS) is 11.5. The third kappa shape index (κ3) is 5.37. The number of nitrogens with zero attached hydrogens (tertiary/aromatic N) is 1. The van der Waals surface area contributed by atoms with E-state index in [1.54, 1.807) is 6.92 Å². The first-order valence-corrected chi connectivity index (χ1v) is 9.37. The van der Waals surface area contributed by atoms with Gasteiger partial charge in [0.05, 0.1) is 23.1 Å². The Bertz CT molecular complexity index is 634. The molecule has 0 aliphatic heterocycles. The lowest BCUT2D eigenvalue weighted by atomic mass is 10.3. The SMILES string of the molecule is CCCNC(=O)CN(CC)S(=O)(=O)c1ccc(OCC)c(Cl)c1. The molecule has 1 aromatic carbocycles. The maximum atomic E-state index is 12.6. The van der Waals surface area contributed by atoms with Gasteiger partial charge in [0.1, 0.15) is 5.75 Å². The number of ether oxygens (including phenoxy) is 1. The van der Waals surface area contributed by atoms with E-state index in [1.807, 2.05) is 13.8 Å². The summed E-state index contributed by atoms with van der Waals surface area (Å²) in [5.74, 6) is 0.103. The van der Waals surface area contributed by atoms with E-state index in [1.165, 1.54) is 18.2 Å². The number of nitrogens with one attached hydrogen (secondary N) is 1. The summed E-state index contributed by atoms with van der Waals surface area (Å²) in [6.45, 7) is 6.35. The molecule has 0 atom stereocenters. The number of amides is 1. The molecule has 23 heavy (non-hydrogen) atoms. The van der Waals surface area contributed by atoms with Crippen LogP contribution in [0.3, 0.4) is 0 Å². The van der Waals surface area contributed by atoms with E-state index in [2.05, 4.69) is 5.32 Å². The first kappa shape index (κ1) is 19.7. The fourth-order valence-electron chi connectivity index (χ4n) is 1.91. The molecule has 1 N–H and O–H groups in total. The smallest absolute Gasteiger partial charge is 0.243 e. The van der Waals surface area contributed by atoms with Crippen LogP contribution in [0.15, 0.2) is 23.1 Å². The van der Waals surface area contributed by atoms with Gasteiger partial charge in [-0.25, -0.2) is 8.42 Å². The molecular weight excluding hydrogens is 340 g/mol. The molecule has 130 valence electrons. The second-order valence-corrected chi connectivity index (χ2v) is 7.15. The average molecular weight is 363 g/mol. The second kappa shape index (κ2) is 9.10. The number of hydrogen-bond donors (Lipinski definition) is 1. The summed E-state index contributed by atoms with van der Waals surface area (Å²) in [5, 5.41) is 2.89. The molecule has 1 aromatic rings. The first-order chi connectivity index (χ1) is 10.9. The molecule has 6 nitrogen and oxygen atoms in total. The molecule has 0 aliphatic rings. The van der Waals surface area contributed by atoms with E-state index < -0.39 is 10.0 Å². The monoisotopic (exact) mass is 362 g/mol. The number of carbonyl (C=O) groups is 1. The highest BCUT2D eigenvalue weighted by atomic mass is 35.5. The Balaban J connectivity index is 2.98. The molecule has 0 saturated carbocycles. The molecule has 1 rings (SSSR count). The third-order valence-electron chi connectivity index (χ3n) is 3.09. The molecule has 0 heterocycles. The number of sulfonamides is 1. The van der Waals surface area contributed by atoms with E-state index >= 15 is 0 Å². The van der Waals surface area contributed by atoms with Crippen LogP contribution in [0.4, 0.5) is 0 Å². The van der Waals surface area contributed by atoms with Gasteiger partial charge in [-0.2, -0.15) is 4.31 Å². The lowest BCUT2D eigenvalue weighted by Crippen LogP contribution is -2.40. The van der Waals surface area contributed by atoms with Gasteiger partial charge in [0.25, 0.3) is 0 Å². The summed E-state index contributed by atoms with van der Waals surface area (Å²) in [5.41, 5.74) is 0. The molecule has 8 heteroatoms. The highest BCUT2D eigenvalue weighted by molar-refractivity contribution is 7.89. The molecule has 0 saturated heterocycles. The molecule has 0 fully saturated rings. The van der Waals surface area contributed by atoms with Crippen molar-refractivity contribution in [1.29, 1.82) is 0 Å². The van der Waals surface area contributed by atoms with Crippen LogP contribution in [-0.4, -0.2) is 44.9 Å². The Hall–Kier alpha value is -1.31. The quantitative estimate of drug-likeness (QED) is 0.731. The van der Waals surface area contributed by atoms with Gasteiger partial charge < -0.3 is 10.1 Å². The van der Waals surface area contributed by atoms with Gasteiger partial charge in [0, 0.05) is 13.1 Å². The van der Waals surface area contributed by atoms with Crippen molar-refractivity contribution in [2.24, 2.45) is 0 Å². The number of likely N-dealkylation sites (N-methyl/N-ethyl adjacent to an activating group) is 1. The maximum absolute atomic E-state index is 12.6. The summed E-state index contributed by atoms with van der Waals surface area (Å²) < 4.78 is 31.7. The summed E-state index contributed by atoms with van der Waals surface area (Å²) >= 11 is 6.05. The van der Waals surface area contributed by atoms with E-state index in [0.29, 0.717) is 18.9 Å². The zero-order chi connectivity index (χ0) is 17.5. The van der Waals surface area contributed by atoms with E-state index in [9.17, 15) is 13.2 Å². The van der Waals surface area contributed by atoms with Gasteiger partial charge >= 0.3 is 0 Å². The lowest BCUT2D eigenvalue weighted by Gasteiger charge is -2.20.